The van der Waals surface area contributed by atoms with Gasteiger partial charge in [-0.2, -0.15) is 0 Å². The van der Waals surface area contributed by atoms with Crippen LogP contribution in [0, 0.1) is 12.3 Å². The van der Waals surface area contributed by atoms with E-state index in [0.29, 0.717) is 11.3 Å². The van der Waals surface area contributed by atoms with E-state index < -0.39 is 5.97 Å². The third-order valence-electron chi connectivity index (χ3n) is 3.67. The zero-order valence-corrected chi connectivity index (χ0v) is 16.3. The lowest BCUT2D eigenvalue weighted by molar-refractivity contribution is -0.135. The molecule has 0 radical (unpaired) electrons. The molecule has 0 aromatic heterocycles. The number of hydrogen-bond donors (Lipinski definition) is 0. The monoisotopic (exact) mass is 410 g/mol. The Morgan fingerprint density at radius 1 is 1.19 bits per heavy atom. The van der Waals surface area contributed by atoms with Crippen molar-refractivity contribution in [1.82, 2.24) is 0 Å². The summed E-state index contributed by atoms with van der Waals surface area (Å²) < 4.78 is 11.7. The summed E-state index contributed by atoms with van der Waals surface area (Å²) in [6.45, 7) is 6.16. The van der Waals surface area contributed by atoms with Crippen molar-refractivity contribution in [2.45, 2.75) is 13.5 Å². The molecule has 2 rings (SSSR count). The van der Waals surface area contributed by atoms with Crippen molar-refractivity contribution in [3.8, 4) is 12.3 Å². The number of allylic oxidation sites excluding steroid dienone is 1. The largest absolute Gasteiger partial charge is 0.487 e. The van der Waals surface area contributed by atoms with E-state index in [1.54, 1.807) is 0 Å². The first-order chi connectivity index (χ1) is 12.5. The van der Waals surface area contributed by atoms with Crippen LogP contribution >= 0.6 is 15.9 Å². The first kappa shape index (κ1) is 19.6. The van der Waals surface area contributed by atoms with E-state index in [0.717, 1.165) is 21.2 Å². The molecule has 132 valence electrons. The molecule has 0 fully saturated rings. The second-order valence-corrected chi connectivity index (χ2v) is 6.50. The van der Waals surface area contributed by atoms with Gasteiger partial charge in [0.05, 0.1) is 7.11 Å². The fourth-order valence-electron chi connectivity index (χ4n) is 2.40. The van der Waals surface area contributed by atoms with E-state index in [4.69, 9.17) is 15.9 Å². The van der Waals surface area contributed by atoms with Crippen molar-refractivity contribution < 1.29 is 14.3 Å². The number of carbonyl (C=O) groups is 1. The summed E-state index contributed by atoms with van der Waals surface area (Å²) in [6.07, 6.45) is 5.59. The number of methoxy groups -OCH3 is 1. The number of terminal acetylenes is 1. The van der Waals surface area contributed by atoms with Crippen LogP contribution in [0.5, 0.6) is 0 Å². The lowest BCUT2D eigenvalue weighted by Gasteiger charge is -2.17. The molecular formula is C22H19BrO3. The highest BCUT2D eigenvalue weighted by molar-refractivity contribution is 9.10. The molecule has 0 atom stereocenters. The van der Waals surface area contributed by atoms with Gasteiger partial charge in [0.2, 0.25) is 0 Å². The van der Waals surface area contributed by atoms with Crippen LogP contribution in [0.15, 0.2) is 65.2 Å². The quantitative estimate of drug-likeness (QED) is 0.283. The zero-order chi connectivity index (χ0) is 19.1. The van der Waals surface area contributed by atoms with Crippen molar-refractivity contribution in [3.05, 3.63) is 81.8 Å². The van der Waals surface area contributed by atoms with Crippen LogP contribution in [-0.4, -0.2) is 13.1 Å². The Balaban J connectivity index is 2.58. The Morgan fingerprint density at radius 3 is 2.46 bits per heavy atom. The molecule has 2 aromatic carbocycles. The summed E-state index contributed by atoms with van der Waals surface area (Å²) in [4.78, 5) is 12.2. The SMILES string of the molecule is C#C/C(C(=O)OC)=C(/OCc1ccccc1)c1ccc(Br)cc1C(=C)C. The van der Waals surface area contributed by atoms with Crippen LogP contribution in [0.1, 0.15) is 23.6 Å². The average Bonchev–Trinajstić information content (AvgIpc) is 2.65. The number of halogens is 1. The predicted molar refractivity (Wildman–Crippen MR) is 108 cm³/mol. The van der Waals surface area contributed by atoms with Gasteiger partial charge in [0.15, 0.2) is 11.3 Å². The summed E-state index contributed by atoms with van der Waals surface area (Å²) in [5, 5.41) is 0. The molecule has 26 heavy (non-hydrogen) atoms. The van der Waals surface area contributed by atoms with Gasteiger partial charge in [0.25, 0.3) is 0 Å². The zero-order valence-electron chi connectivity index (χ0n) is 14.7. The Morgan fingerprint density at radius 2 is 1.88 bits per heavy atom. The van der Waals surface area contributed by atoms with Crippen LogP contribution in [0.4, 0.5) is 0 Å². The third kappa shape index (κ3) is 4.65. The van der Waals surface area contributed by atoms with E-state index in [1.165, 1.54) is 7.11 Å². The molecule has 2 aromatic rings. The molecule has 0 N–H and O–H groups in total. The van der Waals surface area contributed by atoms with Crippen molar-refractivity contribution in [2.75, 3.05) is 7.11 Å². The average molecular weight is 411 g/mol. The summed E-state index contributed by atoms with van der Waals surface area (Å²) >= 11 is 3.46. The van der Waals surface area contributed by atoms with E-state index in [1.807, 2.05) is 55.5 Å². The van der Waals surface area contributed by atoms with Gasteiger partial charge in [-0.15, -0.1) is 6.42 Å². The highest BCUT2D eigenvalue weighted by atomic mass is 79.9. The molecule has 0 saturated heterocycles. The van der Waals surface area contributed by atoms with Crippen LogP contribution < -0.4 is 0 Å². The smallest absolute Gasteiger partial charge is 0.350 e. The van der Waals surface area contributed by atoms with Gasteiger partial charge in [0.1, 0.15) is 6.61 Å². The molecular weight excluding hydrogens is 392 g/mol. The fourth-order valence-corrected chi connectivity index (χ4v) is 2.76. The third-order valence-corrected chi connectivity index (χ3v) is 4.17. The van der Waals surface area contributed by atoms with Gasteiger partial charge >= 0.3 is 5.97 Å². The topological polar surface area (TPSA) is 35.5 Å². The molecule has 0 heterocycles. The van der Waals surface area contributed by atoms with E-state index in [9.17, 15) is 4.79 Å². The summed E-state index contributed by atoms with van der Waals surface area (Å²) in [7, 11) is 1.29. The maximum absolute atomic E-state index is 12.2. The number of esters is 1. The Labute approximate surface area is 162 Å². The molecule has 0 unspecified atom stereocenters. The Kier molecular flexibility index (Phi) is 6.82. The molecule has 3 nitrogen and oxygen atoms in total. The fraction of sp³-hybridized carbons (Fsp3) is 0.136. The second kappa shape index (κ2) is 9.07. The molecule has 0 aliphatic heterocycles. The standard InChI is InChI=1S/C22H19BrO3/c1-5-18(22(24)25-4)21(26-14-16-9-7-6-8-10-16)19-12-11-17(23)13-20(19)15(2)3/h1,6-13H,2,14H2,3-4H3/b21-18-. The van der Waals surface area contributed by atoms with Gasteiger partial charge in [-0.05, 0) is 36.2 Å². The minimum atomic E-state index is -0.619. The maximum atomic E-state index is 12.2. The molecule has 0 aliphatic rings. The number of benzene rings is 2. The normalized spacial score (nSPS) is 11.2. The molecule has 0 bridgehead atoms. The van der Waals surface area contributed by atoms with Gasteiger partial charge in [-0.3, -0.25) is 0 Å². The minimum Gasteiger partial charge on any atom is -0.487 e. The van der Waals surface area contributed by atoms with Crippen LogP contribution in [0.3, 0.4) is 0 Å². The van der Waals surface area contributed by atoms with E-state index in [2.05, 4.69) is 28.4 Å². The van der Waals surface area contributed by atoms with Gasteiger partial charge in [0, 0.05) is 10.0 Å². The number of rotatable bonds is 6. The maximum Gasteiger partial charge on any atom is 0.350 e. The van der Waals surface area contributed by atoms with Crippen molar-refractivity contribution in [1.29, 1.82) is 0 Å². The summed E-state index contributed by atoms with van der Waals surface area (Å²) in [6, 6.07) is 15.3. The first-order valence-electron chi connectivity index (χ1n) is 7.89. The van der Waals surface area contributed by atoms with Crippen LogP contribution in [0.25, 0.3) is 11.3 Å². The highest BCUT2D eigenvalue weighted by Gasteiger charge is 2.20. The van der Waals surface area contributed by atoms with Crippen molar-refractivity contribution >= 4 is 33.2 Å². The van der Waals surface area contributed by atoms with Crippen molar-refractivity contribution in [2.24, 2.45) is 0 Å². The predicted octanol–water partition coefficient (Wildman–Crippen LogP) is 5.22. The molecule has 0 amide bonds. The number of ether oxygens (including phenoxy) is 2. The number of carbonyl (C=O) groups excluding carboxylic acids is 1. The second-order valence-electron chi connectivity index (χ2n) is 5.58. The first-order valence-corrected chi connectivity index (χ1v) is 8.69. The van der Waals surface area contributed by atoms with Crippen LogP contribution in [-0.2, 0) is 20.9 Å². The Hall–Kier alpha value is -2.77. The number of hydrogen-bond acceptors (Lipinski definition) is 3. The van der Waals surface area contributed by atoms with E-state index in [-0.39, 0.29) is 12.2 Å². The molecule has 0 spiro atoms. The van der Waals surface area contributed by atoms with Gasteiger partial charge in [-0.1, -0.05) is 64.3 Å². The molecule has 0 aliphatic carbocycles. The lowest BCUT2D eigenvalue weighted by atomic mass is 9.98. The minimum absolute atomic E-state index is 0.0354. The van der Waals surface area contributed by atoms with Crippen LogP contribution in [0.2, 0.25) is 0 Å². The van der Waals surface area contributed by atoms with Gasteiger partial charge in [-0.25, -0.2) is 4.79 Å². The van der Waals surface area contributed by atoms with E-state index >= 15 is 0 Å². The molecule has 4 heteroatoms. The lowest BCUT2D eigenvalue weighted by Crippen LogP contribution is -2.09. The Bertz CT molecular complexity index is 889. The van der Waals surface area contributed by atoms with Crippen molar-refractivity contribution in [3.63, 3.8) is 0 Å². The highest BCUT2D eigenvalue weighted by Crippen LogP contribution is 2.31. The molecule has 0 saturated carbocycles. The summed E-state index contributed by atoms with van der Waals surface area (Å²) in [5.74, 6) is 2.09. The van der Waals surface area contributed by atoms with Gasteiger partial charge < -0.3 is 9.47 Å². The summed E-state index contributed by atoms with van der Waals surface area (Å²) in [5.41, 5.74) is 3.34.